The highest BCUT2D eigenvalue weighted by atomic mass is 35.5. The van der Waals surface area contributed by atoms with E-state index in [0.29, 0.717) is 55.8 Å². The Balaban J connectivity index is 1.89. The maximum absolute atomic E-state index is 12.9. The lowest BCUT2D eigenvalue weighted by Gasteiger charge is -2.12. The molecule has 2 aromatic rings. The minimum absolute atomic E-state index is 0.0234. The summed E-state index contributed by atoms with van der Waals surface area (Å²) in [4.78, 5) is 21.7. The molecular weight excluding hydrogens is 463 g/mol. The van der Waals surface area contributed by atoms with Gasteiger partial charge >= 0.3 is 0 Å². The molecule has 0 saturated heterocycles. The predicted octanol–water partition coefficient (Wildman–Crippen LogP) is 4.89. The molecule has 0 unspecified atom stereocenters. The van der Waals surface area contributed by atoms with Crippen LogP contribution in [0.15, 0.2) is 35.1 Å². The maximum Gasteiger partial charge on any atom is 0.284 e. The van der Waals surface area contributed by atoms with Crippen molar-refractivity contribution in [1.29, 1.82) is 0 Å². The van der Waals surface area contributed by atoms with Gasteiger partial charge in [-0.05, 0) is 36.2 Å². The summed E-state index contributed by atoms with van der Waals surface area (Å²) < 4.78 is 6.73. The van der Waals surface area contributed by atoms with Gasteiger partial charge in [-0.1, -0.05) is 47.8 Å². The van der Waals surface area contributed by atoms with E-state index in [1.165, 1.54) is 13.2 Å². The number of hydrogen-bond donors (Lipinski definition) is 2. The molecule has 2 heterocycles. The molecule has 0 atom stereocenters. The van der Waals surface area contributed by atoms with Crippen molar-refractivity contribution in [3.05, 3.63) is 72.8 Å². The fourth-order valence-corrected chi connectivity index (χ4v) is 4.39. The second-order valence-corrected chi connectivity index (χ2v) is 8.07. The van der Waals surface area contributed by atoms with Crippen molar-refractivity contribution in [2.45, 2.75) is 19.8 Å². The standard InChI is InChI=1S/C21H17Cl3N4O3/c1-3-14-18-20(28(27-14)19-12(23)8-11(22)9-13(19)24)25-17(26-21(18)30)7-10-4-5-15(29)16(6-10)31-2/h4-6,8-9,27,29H,3,7H2,1-2H3. The lowest BCUT2D eigenvalue weighted by Crippen LogP contribution is -2.17. The molecule has 4 rings (SSSR count). The Morgan fingerprint density at radius 3 is 2.48 bits per heavy atom. The van der Waals surface area contributed by atoms with Crippen LogP contribution in [0.4, 0.5) is 0 Å². The number of rotatable bonds is 5. The first-order chi connectivity index (χ1) is 14.8. The highest BCUT2D eigenvalue weighted by molar-refractivity contribution is 6.40. The van der Waals surface area contributed by atoms with E-state index < -0.39 is 5.56 Å². The van der Waals surface area contributed by atoms with Crippen molar-refractivity contribution >= 4 is 34.8 Å². The van der Waals surface area contributed by atoms with Gasteiger partial charge in [-0.15, -0.1) is 0 Å². The zero-order valence-corrected chi connectivity index (χ0v) is 18.8. The van der Waals surface area contributed by atoms with E-state index in [-0.39, 0.29) is 12.2 Å². The molecule has 0 aromatic heterocycles. The predicted molar refractivity (Wildman–Crippen MR) is 120 cm³/mol. The van der Waals surface area contributed by atoms with Gasteiger partial charge in [0.2, 0.25) is 0 Å². The summed E-state index contributed by atoms with van der Waals surface area (Å²) in [5, 5.41) is 14.0. The van der Waals surface area contributed by atoms with Crippen LogP contribution < -0.4 is 10.3 Å². The number of aromatic hydroxyl groups is 1. The number of hydrogen-bond acceptors (Lipinski definition) is 5. The van der Waals surface area contributed by atoms with Crippen molar-refractivity contribution in [2.75, 3.05) is 7.11 Å². The molecule has 0 radical (unpaired) electrons. The Kier molecular flexibility index (Phi) is 5.83. The molecule has 0 amide bonds. The molecule has 7 nitrogen and oxygen atoms in total. The normalized spacial score (nSPS) is 11.3. The fraction of sp³-hybridized carbons (Fsp3) is 0.190. The monoisotopic (exact) mass is 478 g/mol. The number of benzene rings is 2. The quantitative estimate of drug-likeness (QED) is 0.425. The fourth-order valence-electron chi connectivity index (χ4n) is 3.40. The Morgan fingerprint density at radius 1 is 1.13 bits per heavy atom. The number of fused-ring (bicyclic) bond motifs is 1. The minimum atomic E-state index is -0.404. The van der Waals surface area contributed by atoms with Crippen LogP contribution in [0.5, 0.6) is 11.5 Å². The Labute approximate surface area is 192 Å². The second kappa shape index (κ2) is 8.42. The number of aryl methyl sites for hydroxylation is 1. The number of halogens is 3. The summed E-state index contributed by atoms with van der Waals surface area (Å²) in [7, 11) is 1.46. The number of phenolic OH excluding ortho intramolecular Hbond substituents is 1. The number of aromatic amines is 1. The molecule has 2 N–H and O–H groups in total. The SMILES string of the molecule is CCc1[nH]n(-c2c(Cl)cc(Cl)cc2Cl)c2nc(Cc3ccc(O)c(OC)c3)nc(=O)c1-2. The second-order valence-electron chi connectivity index (χ2n) is 6.82. The molecule has 2 aliphatic heterocycles. The molecule has 160 valence electrons. The van der Waals surface area contributed by atoms with E-state index in [4.69, 9.17) is 39.5 Å². The summed E-state index contributed by atoms with van der Waals surface area (Å²) in [6, 6.07) is 8.04. The van der Waals surface area contributed by atoms with E-state index in [1.807, 2.05) is 6.92 Å². The van der Waals surface area contributed by atoms with Crippen LogP contribution >= 0.6 is 34.8 Å². The zero-order valence-electron chi connectivity index (χ0n) is 16.5. The van der Waals surface area contributed by atoms with Crippen LogP contribution in [0, 0.1) is 0 Å². The number of methoxy groups -OCH3 is 1. The molecule has 10 heteroatoms. The average molecular weight is 480 g/mol. The summed E-state index contributed by atoms with van der Waals surface area (Å²) in [5.74, 6) is 1.02. The molecule has 0 aliphatic carbocycles. The summed E-state index contributed by atoms with van der Waals surface area (Å²) in [6.07, 6.45) is 0.815. The molecular formula is C21H17Cl3N4O3. The van der Waals surface area contributed by atoms with Crippen molar-refractivity contribution in [3.8, 4) is 28.6 Å². The highest BCUT2D eigenvalue weighted by Gasteiger charge is 2.25. The Bertz CT molecular complexity index is 1290. The smallest absolute Gasteiger partial charge is 0.284 e. The molecule has 0 fully saturated rings. The minimum Gasteiger partial charge on any atom is -0.504 e. The van der Waals surface area contributed by atoms with E-state index in [2.05, 4.69) is 15.1 Å². The molecule has 2 aliphatic rings. The molecule has 0 spiro atoms. The first kappa shape index (κ1) is 21.5. The van der Waals surface area contributed by atoms with Crippen LogP contribution in [-0.4, -0.2) is 32.0 Å². The van der Waals surface area contributed by atoms with Gasteiger partial charge < -0.3 is 9.84 Å². The van der Waals surface area contributed by atoms with Gasteiger partial charge in [0.15, 0.2) is 17.3 Å². The van der Waals surface area contributed by atoms with Gasteiger partial charge in [0, 0.05) is 17.1 Å². The third-order valence-electron chi connectivity index (χ3n) is 4.83. The largest absolute Gasteiger partial charge is 0.504 e. The van der Waals surface area contributed by atoms with Crippen LogP contribution in [0.3, 0.4) is 0 Å². The number of nitrogens with one attached hydrogen (secondary N) is 1. The third kappa shape index (κ3) is 3.96. The summed E-state index contributed by atoms with van der Waals surface area (Å²) >= 11 is 18.9. The summed E-state index contributed by atoms with van der Waals surface area (Å²) in [5.41, 5.74) is 1.84. The highest BCUT2D eigenvalue weighted by Crippen LogP contribution is 2.35. The molecule has 2 aromatic carbocycles. The first-order valence-electron chi connectivity index (χ1n) is 9.33. The number of aromatic nitrogens is 4. The van der Waals surface area contributed by atoms with Crippen molar-refractivity contribution in [3.63, 3.8) is 0 Å². The molecule has 0 bridgehead atoms. The van der Waals surface area contributed by atoms with Crippen molar-refractivity contribution in [2.24, 2.45) is 0 Å². The van der Waals surface area contributed by atoms with Gasteiger partial charge in [0.1, 0.15) is 17.1 Å². The van der Waals surface area contributed by atoms with E-state index in [9.17, 15) is 9.90 Å². The van der Waals surface area contributed by atoms with E-state index in [0.717, 1.165) is 5.56 Å². The number of ether oxygens (including phenoxy) is 1. The van der Waals surface area contributed by atoms with E-state index in [1.54, 1.807) is 28.9 Å². The molecule has 0 saturated carbocycles. The first-order valence-corrected chi connectivity index (χ1v) is 10.5. The Hall–Kier alpha value is -2.74. The topological polar surface area (TPSA) is 93.0 Å². The lowest BCUT2D eigenvalue weighted by molar-refractivity contribution is 0.373. The number of phenols is 1. The van der Waals surface area contributed by atoms with E-state index >= 15 is 0 Å². The lowest BCUT2D eigenvalue weighted by atomic mass is 10.1. The van der Waals surface area contributed by atoms with Crippen LogP contribution in [-0.2, 0) is 12.8 Å². The van der Waals surface area contributed by atoms with Crippen molar-refractivity contribution < 1.29 is 9.84 Å². The van der Waals surface area contributed by atoms with Gasteiger partial charge in [-0.25, -0.2) is 9.67 Å². The third-order valence-corrected chi connectivity index (χ3v) is 5.62. The number of H-pyrrole nitrogens is 1. The Morgan fingerprint density at radius 2 is 1.84 bits per heavy atom. The van der Waals surface area contributed by atoms with Crippen LogP contribution in [0.1, 0.15) is 24.0 Å². The van der Waals surface area contributed by atoms with Gasteiger partial charge in [0.25, 0.3) is 5.56 Å². The van der Waals surface area contributed by atoms with Gasteiger partial charge in [-0.2, -0.15) is 4.98 Å². The van der Waals surface area contributed by atoms with Crippen LogP contribution in [0.2, 0.25) is 15.1 Å². The maximum atomic E-state index is 12.9. The van der Waals surface area contributed by atoms with Gasteiger partial charge in [0.05, 0.1) is 17.2 Å². The average Bonchev–Trinajstić information content (AvgIpc) is 3.07. The zero-order chi connectivity index (χ0) is 22.3. The summed E-state index contributed by atoms with van der Waals surface area (Å²) in [6.45, 7) is 1.91. The molecule has 31 heavy (non-hydrogen) atoms. The number of nitrogens with zero attached hydrogens (tertiary/aromatic N) is 3. The van der Waals surface area contributed by atoms with Crippen molar-refractivity contribution in [1.82, 2.24) is 19.7 Å². The van der Waals surface area contributed by atoms with Gasteiger partial charge in [-0.3, -0.25) is 9.89 Å². The van der Waals surface area contributed by atoms with Crippen LogP contribution in [0.25, 0.3) is 17.1 Å².